The summed E-state index contributed by atoms with van der Waals surface area (Å²) in [5.74, 6) is 0.175. The number of aromatic nitrogens is 2. The van der Waals surface area contributed by atoms with Crippen LogP contribution in [0.5, 0.6) is 0 Å². The van der Waals surface area contributed by atoms with E-state index in [9.17, 15) is 13.2 Å². The summed E-state index contributed by atoms with van der Waals surface area (Å²) in [6.07, 6.45) is -2.05. The first kappa shape index (κ1) is 16.7. The minimum atomic E-state index is -4.48. The second kappa shape index (κ2) is 6.78. The number of alkyl halides is 3. The van der Waals surface area contributed by atoms with Crippen LogP contribution >= 0.6 is 22.9 Å². The molecule has 3 nitrogen and oxygen atoms in total. The third-order valence-electron chi connectivity index (χ3n) is 3.28. The van der Waals surface area contributed by atoms with Crippen molar-refractivity contribution >= 4 is 28.8 Å². The molecule has 2 aromatic heterocycles. The van der Waals surface area contributed by atoms with E-state index in [1.54, 1.807) is 6.20 Å². The Kier molecular flexibility index (Phi) is 4.73. The maximum Gasteiger partial charge on any atom is 0.417 e. The Morgan fingerprint density at radius 3 is 2.46 bits per heavy atom. The van der Waals surface area contributed by atoms with E-state index in [0.717, 1.165) is 22.8 Å². The van der Waals surface area contributed by atoms with Crippen LogP contribution in [0.2, 0.25) is 5.02 Å². The normalized spacial score (nSPS) is 12.8. The fraction of sp³-hybridized carbons (Fsp3) is 0.125. The molecule has 3 aromatic rings. The number of hydrogen-bond donors (Lipinski definition) is 1. The largest absolute Gasteiger partial charge is 0.417 e. The number of hydrogen-bond acceptors (Lipinski definition) is 4. The Morgan fingerprint density at radius 2 is 1.88 bits per heavy atom. The van der Waals surface area contributed by atoms with E-state index in [2.05, 4.69) is 15.3 Å². The summed E-state index contributed by atoms with van der Waals surface area (Å²) in [6, 6.07) is 9.94. The summed E-state index contributed by atoms with van der Waals surface area (Å²) < 4.78 is 38.2. The second-order valence-electron chi connectivity index (χ2n) is 4.91. The molecular weight excluding hydrogens is 359 g/mol. The predicted molar refractivity (Wildman–Crippen MR) is 88.3 cm³/mol. The first-order chi connectivity index (χ1) is 11.4. The SMILES string of the molecule is FC(F)(F)c1cnc(NC(c2ccccc2)c2nccs2)c(Cl)c1. The fourth-order valence-corrected chi connectivity index (χ4v) is 3.08. The zero-order valence-electron chi connectivity index (χ0n) is 12.1. The zero-order valence-corrected chi connectivity index (χ0v) is 13.7. The van der Waals surface area contributed by atoms with Gasteiger partial charge in [0.05, 0.1) is 10.6 Å². The van der Waals surface area contributed by atoms with Gasteiger partial charge < -0.3 is 5.32 Å². The quantitative estimate of drug-likeness (QED) is 0.668. The summed E-state index contributed by atoms with van der Waals surface area (Å²) in [6.45, 7) is 0. The zero-order chi connectivity index (χ0) is 17.2. The van der Waals surface area contributed by atoms with Gasteiger partial charge >= 0.3 is 6.18 Å². The van der Waals surface area contributed by atoms with Crippen LogP contribution in [0.1, 0.15) is 22.2 Å². The maximum atomic E-state index is 12.7. The standard InChI is InChI=1S/C16H11ClF3N3S/c17-12-8-11(16(18,19)20)9-22-14(12)23-13(15-21-6-7-24-15)10-4-2-1-3-5-10/h1-9,13H,(H,22,23). The molecule has 0 aliphatic rings. The highest BCUT2D eigenvalue weighted by Gasteiger charge is 2.32. The monoisotopic (exact) mass is 369 g/mol. The minimum absolute atomic E-state index is 0.0951. The molecule has 8 heteroatoms. The summed E-state index contributed by atoms with van der Waals surface area (Å²) in [5, 5.41) is 5.58. The Hall–Kier alpha value is -2.12. The topological polar surface area (TPSA) is 37.8 Å². The minimum Gasteiger partial charge on any atom is -0.356 e. The van der Waals surface area contributed by atoms with Crippen LogP contribution in [-0.2, 0) is 6.18 Å². The van der Waals surface area contributed by atoms with Gasteiger partial charge in [0, 0.05) is 17.8 Å². The van der Waals surface area contributed by atoms with Crippen molar-refractivity contribution in [2.45, 2.75) is 12.2 Å². The Bertz CT molecular complexity index is 807. The van der Waals surface area contributed by atoms with Gasteiger partial charge in [-0.3, -0.25) is 0 Å². The van der Waals surface area contributed by atoms with Crippen molar-refractivity contribution in [1.82, 2.24) is 9.97 Å². The summed E-state index contributed by atoms with van der Waals surface area (Å²) in [4.78, 5) is 8.11. The van der Waals surface area contributed by atoms with E-state index in [0.29, 0.717) is 0 Å². The molecule has 1 aromatic carbocycles. The number of benzene rings is 1. The van der Waals surface area contributed by atoms with Crippen LogP contribution < -0.4 is 5.32 Å². The lowest BCUT2D eigenvalue weighted by molar-refractivity contribution is -0.137. The Morgan fingerprint density at radius 1 is 1.12 bits per heavy atom. The number of anilines is 1. The van der Waals surface area contributed by atoms with Gasteiger partial charge in [0.2, 0.25) is 0 Å². The third-order valence-corrected chi connectivity index (χ3v) is 4.41. The second-order valence-corrected chi connectivity index (χ2v) is 6.24. The van der Waals surface area contributed by atoms with E-state index < -0.39 is 11.7 Å². The Balaban J connectivity index is 1.94. The molecule has 1 unspecified atom stereocenters. The number of halogens is 4. The number of rotatable bonds is 4. The molecule has 124 valence electrons. The smallest absolute Gasteiger partial charge is 0.356 e. The number of nitrogens with one attached hydrogen (secondary N) is 1. The highest BCUT2D eigenvalue weighted by molar-refractivity contribution is 7.09. The predicted octanol–water partition coefficient (Wildman–Crippen LogP) is 5.41. The number of thiazole rings is 1. The van der Waals surface area contributed by atoms with Crippen LogP contribution in [-0.4, -0.2) is 9.97 Å². The van der Waals surface area contributed by atoms with Crippen molar-refractivity contribution in [3.63, 3.8) is 0 Å². The van der Waals surface area contributed by atoms with Gasteiger partial charge in [0.25, 0.3) is 0 Å². The first-order valence-corrected chi connectivity index (χ1v) is 8.14. The van der Waals surface area contributed by atoms with Gasteiger partial charge in [-0.1, -0.05) is 41.9 Å². The lowest BCUT2D eigenvalue weighted by Crippen LogP contribution is -2.14. The summed E-state index contributed by atoms with van der Waals surface area (Å²) in [5.41, 5.74) is 0.0220. The third kappa shape index (κ3) is 3.68. The highest BCUT2D eigenvalue weighted by atomic mass is 35.5. The van der Waals surface area contributed by atoms with Gasteiger partial charge in [0.15, 0.2) is 0 Å². The number of nitrogens with zero attached hydrogens (tertiary/aromatic N) is 2. The Labute approximate surface area is 145 Å². The average Bonchev–Trinajstić information content (AvgIpc) is 3.08. The van der Waals surface area contributed by atoms with Gasteiger partial charge in [-0.15, -0.1) is 11.3 Å². The summed E-state index contributed by atoms with van der Waals surface area (Å²) >= 11 is 7.42. The number of pyridine rings is 1. The van der Waals surface area contributed by atoms with Gasteiger partial charge in [-0.25, -0.2) is 9.97 Å². The van der Waals surface area contributed by atoms with E-state index >= 15 is 0 Å². The molecule has 0 spiro atoms. The van der Waals surface area contributed by atoms with Crippen LogP contribution in [0.3, 0.4) is 0 Å². The van der Waals surface area contributed by atoms with Crippen molar-refractivity contribution in [1.29, 1.82) is 0 Å². The average molecular weight is 370 g/mol. The lowest BCUT2D eigenvalue weighted by Gasteiger charge is -2.19. The van der Waals surface area contributed by atoms with Crippen molar-refractivity contribution in [2.24, 2.45) is 0 Å². The van der Waals surface area contributed by atoms with E-state index in [1.807, 2.05) is 35.7 Å². The van der Waals surface area contributed by atoms with Crippen molar-refractivity contribution < 1.29 is 13.2 Å². The molecule has 1 N–H and O–H groups in total. The maximum absolute atomic E-state index is 12.7. The first-order valence-electron chi connectivity index (χ1n) is 6.89. The van der Waals surface area contributed by atoms with E-state index in [1.165, 1.54) is 11.3 Å². The molecule has 0 amide bonds. The van der Waals surface area contributed by atoms with Crippen molar-refractivity contribution in [3.05, 3.63) is 75.3 Å². The van der Waals surface area contributed by atoms with Crippen LogP contribution in [0.4, 0.5) is 19.0 Å². The molecular formula is C16H11ClF3N3S. The molecule has 3 rings (SSSR count). The molecule has 1 atom stereocenters. The van der Waals surface area contributed by atoms with E-state index in [-0.39, 0.29) is 16.9 Å². The fourth-order valence-electron chi connectivity index (χ4n) is 2.15. The highest BCUT2D eigenvalue weighted by Crippen LogP contribution is 2.34. The van der Waals surface area contributed by atoms with Crippen molar-refractivity contribution in [2.75, 3.05) is 5.32 Å². The molecule has 0 radical (unpaired) electrons. The molecule has 0 saturated carbocycles. The van der Waals surface area contributed by atoms with Gasteiger partial charge in [-0.2, -0.15) is 13.2 Å². The van der Waals surface area contributed by atoms with Crippen molar-refractivity contribution in [3.8, 4) is 0 Å². The lowest BCUT2D eigenvalue weighted by atomic mass is 10.1. The molecule has 0 aliphatic heterocycles. The molecule has 2 heterocycles. The molecule has 0 aliphatic carbocycles. The molecule has 0 fully saturated rings. The van der Waals surface area contributed by atoms with Gasteiger partial charge in [-0.05, 0) is 11.6 Å². The molecule has 24 heavy (non-hydrogen) atoms. The molecule has 0 bridgehead atoms. The van der Waals surface area contributed by atoms with E-state index in [4.69, 9.17) is 11.6 Å². The van der Waals surface area contributed by atoms with Crippen LogP contribution in [0, 0.1) is 0 Å². The van der Waals surface area contributed by atoms with Gasteiger partial charge in [0.1, 0.15) is 16.9 Å². The molecule has 0 saturated heterocycles. The summed E-state index contributed by atoms with van der Waals surface area (Å²) in [7, 11) is 0. The van der Waals surface area contributed by atoms with Crippen LogP contribution in [0.25, 0.3) is 0 Å². The van der Waals surface area contributed by atoms with Crippen LogP contribution in [0.15, 0.2) is 54.2 Å².